The first-order valence-electron chi connectivity index (χ1n) is 9.41. The lowest BCUT2D eigenvalue weighted by molar-refractivity contribution is 0.429. The average molecular weight is 456 g/mol. The summed E-state index contributed by atoms with van der Waals surface area (Å²) in [6.07, 6.45) is 1.45. The lowest BCUT2D eigenvalue weighted by Gasteiger charge is -2.09. The average Bonchev–Trinajstić information content (AvgIpc) is 3.20. The number of benzene rings is 2. The van der Waals surface area contributed by atoms with Crippen molar-refractivity contribution in [1.82, 2.24) is 24.1 Å². The molecular formula is C21H22BrN5O2. The van der Waals surface area contributed by atoms with Crippen molar-refractivity contribution in [2.24, 2.45) is 13.0 Å². The lowest BCUT2D eigenvalue weighted by Crippen LogP contribution is -2.22. The maximum Gasteiger partial charge on any atom is 0.331 e. The van der Waals surface area contributed by atoms with Crippen molar-refractivity contribution in [3.63, 3.8) is 0 Å². The molecule has 2 heterocycles. The quantitative estimate of drug-likeness (QED) is 0.496. The summed E-state index contributed by atoms with van der Waals surface area (Å²) >= 11 is 3.70. The van der Waals surface area contributed by atoms with Gasteiger partial charge in [0.25, 0.3) is 0 Å². The van der Waals surface area contributed by atoms with E-state index in [9.17, 15) is 9.90 Å². The second kappa shape index (κ2) is 7.51. The van der Waals surface area contributed by atoms with Crippen LogP contribution in [0, 0.1) is 5.92 Å². The Balaban J connectivity index is 1.63. The Bertz CT molecular complexity index is 1230. The summed E-state index contributed by atoms with van der Waals surface area (Å²) < 4.78 is 5.55. The third-order valence-electron chi connectivity index (χ3n) is 4.93. The highest BCUT2D eigenvalue weighted by Gasteiger charge is 2.14. The molecule has 4 aromatic rings. The summed E-state index contributed by atoms with van der Waals surface area (Å²) in [6, 6.07) is 12.1. The molecule has 1 N–H and O–H groups in total. The Morgan fingerprint density at radius 1 is 1.14 bits per heavy atom. The van der Waals surface area contributed by atoms with Gasteiger partial charge in [0.15, 0.2) is 0 Å². The van der Waals surface area contributed by atoms with Crippen LogP contribution in [0.1, 0.15) is 19.4 Å². The van der Waals surface area contributed by atoms with Crippen molar-refractivity contribution in [3.8, 4) is 17.0 Å². The van der Waals surface area contributed by atoms with E-state index in [1.165, 1.54) is 15.3 Å². The third kappa shape index (κ3) is 3.60. The number of nitrogens with zero attached hydrogens (tertiary/aromatic N) is 5. The van der Waals surface area contributed by atoms with Crippen LogP contribution >= 0.6 is 15.9 Å². The highest BCUT2D eigenvalue weighted by Crippen LogP contribution is 2.34. The number of aromatic hydroxyl groups is 1. The molecule has 2 aromatic heterocycles. The Morgan fingerprint density at radius 2 is 1.86 bits per heavy atom. The monoisotopic (exact) mass is 455 g/mol. The van der Waals surface area contributed by atoms with Gasteiger partial charge in [-0.25, -0.2) is 9.48 Å². The van der Waals surface area contributed by atoms with Gasteiger partial charge in [0.1, 0.15) is 5.52 Å². The van der Waals surface area contributed by atoms with E-state index in [0.717, 1.165) is 38.7 Å². The predicted octanol–water partition coefficient (Wildman–Crippen LogP) is 3.77. The van der Waals surface area contributed by atoms with E-state index in [2.05, 4.69) is 52.2 Å². The van der Waals surface area contributed by atoms with Crippen molar-refractivity contribution >= 4 is 27.0 Å². The smallest absolute Gasteiger partial charge is 0.331 e. The molecule has 0 atom stereocenters. The molecule has 0 aliphatic rings. The van der Waals surface area contributed by atoms with Crippen molar-refractivity contribution < 1.29 is 5.11 Å². The number of hydrogen-bond acceptors (Lipinski definition) is 4. The van der Waals surface area contributed by atoms with Gasteiger partial charge < -0.3 is 5.11 Å². The van der Waals surface area contributed by atoms with Gasteiger partial charge in [0.05, 0.1) is 22.7 Å². The van der Waals surface area contributed by atoms with Gasteiger partial charge in [-0.2, -0.15) is 0 Å². The maximum atomic E-state index is 12.1. The second-order valence-corrected chi connectivity index (χ2v) is 8.41. The van der Waals surface area contributed by atoms with Gasteiger partial charge >= 0.3 is 5.69 Å². The summed E-state index contributed by atoms with van der Waals surface area (Å²) in [4.78, 5) is 12.1. The molecule has 0 amide bonds. The fourth-order valence-electron chi connectivity index (χ4n) is 3.38. The number of aromatic nitrogens is 5. The molecule has 0 fully saturated rings. The van der Waals surface area contributed by atoms with Gasteiger partial charge in [-0.1, -0.05) is 49.4 Å². The fourth-order valence-corrected chi connectivity index (χ4v) is 4.02. The van der Waals surface area contributed by atoms with Crippen LogP contribution in [0.4, 0.5) is 0 Å². The van der Waals surface area contributed by atoms with Crippen LogP contribution in [0.3, 0.4) is 0 Å². The maximum absolute atomic E-state index is 12.1. The molecule has 7 nitrogen and oxygen atoms in total. The van der Waals surface area contributed by atoms with E-state index in [0.29, 0.717) is 12.5 Å². The van der Waals surface area contributed by atoms with Crippen LogP contribution < -0.4 is 5.69 Å². The molecule has 0 saturated carbocycles. The molecule has 0 unspecified atom stereocenters. The van der Waals surface area contributed by atoms with Gasteiger partial charge in [0, 0.05) is 13.6 Å². The van der Waals surface area contributed by atoms with Gasteiger partial charge in [-0.3, -0.25) is 9.13 Å². The first-order valence-corrected chi connectivity index (χ1v) is 10.2. The Kier molecular flexibility index (Phi) is 5.04. The van der Waals surface area contributed by atoms with Crippen molar-refractivity contribution in [3.05, 3.63) is 63.1 Å². The van der Waals surface area contributed by atoms with Crippen LogP contribution in [-0.4, -0.2) is 29.2 Å². The van der Waals surface area contributed by atoms with Crippen molar-refractivity contribution in [1.29, 1.82) is 0 Å². The molecule has 29 heavy (non-hydrogen) atoms. The Morgan fingerprint density at radius 3 is 2.48 bits per heavy atom. The predicted molar refractivity (Wildman–Crippen MR) is 116 cm³/mol. The summed E-state index contributed by atoms with van der Waals surface area (Å²) in [5.41, 5.74) is 4.66. The summed E-state index contributed by atoms with van der Waals surface area (Å²) in [5.74, 6) is 0.444. The highest BCUT2D eigenvalue weighted by atomic mass is 79.9. The van der Waals surface area contributed by atoms with Crippen LogP contribution in [-0.2, 0) is 20.1 Å². The molecular weight excluding hydrogens is 434 g/mol. The second-order valence-electron chi connectivity index (χ2n) is 7.61. The molecule has 0 saturated heterocycles. The summed E-state index contributed by atoms with van der Waals surface area (Å²) in [7, 11) is 1.54. The molecule has 0 radical (unpaired) electrons. The van der Waals surface area contributed by atoms with Gasteiger partial charge in [-0.15, -0.1) is 5.10 Å². The first-order chi connectivity index (χ1) is 13.8. The standard InChI is InChI=1S/C21H22BrN5O2/c1-13(2)10-27-17-9-8-16(19(22)20(17)23-24-27)15-6-4-14(5-7-15)11-26-12-18(28)25(3)21(26)29/h4-9,12-13,28H,10-11H2,1-3H3. The van der Waals surface area contributed by atoms with Crippen LogP contribution in [0.25, 0.3) is 22.2 Å². The van der Waals surface area contributed by atoms with E-state index >= 15 is 0 Å². The number of rotatable bonds is 5. The number of imidazole rings is 1. The Hall–Kier alpha value is -2.87. The SMILES string of the molecule is CC(C)Cn1nnc2c(Br)c(-c3ccc(Cn4cc(O)n(C)c4=O)cc3)ccc21. The first kappa shape index (κ1) is 19.4. The topological polar surface area (TPSA) is 77.9 Å². The van der Waals surface area contributed by atoms with Crippen LogP contribution in [0.5, 0.6) is 5.88 Å². The van der Waals surface area contributed by atoms with Gasteiger partial charge in [0.2, 0.25) is 5.88 Å². The zero-order chi connectivity index (χ0) is 20.7. The lowest BCUT2D eigenvalue weighted by atomic mass is 10.0. The molecule has 4 rings (SSSR count). The highest BCUT2D eigenvalue weighted by molar-refractivity contribution is 9.10. The summed E-state index contributed by atoms with van der Waals surface area (Å²) in [6.45, 7) is 5.54. The fraction of sp³-hybridized carbons (Fsp3) is 0.286. The van der Waals surface area contributed by atoms with Crippen LogP contribution in [0.2, 0.25) is 0 Å². The molecule has 0 aliphatic carbocycles. The molecule has 8 heteroatoms. The van der Waals surface area contributed by atoms with E-state index in [1.807, 2.05) is 28.9 Å². The molecule has 0 spiro atoms. The summed E-state index contributed by atoms with van der Waals surface area (Å²) in [5, 5.41) is 18.3. The normalized spacial score (nSPS) is 11.6. The number of halogens is 1. The zero-order valence-corrected chi connectivity index (χ0v) is 18.1. The third-order valence-corrected chi connectivity index (χ3v) is 5.73. The van der Waals surface area contributed by atoms with Crippen molar-refractivity contribution in [2.45, 2.75) is 26.9 Å². The molecule has 150 valence electrons. The minimum absolute atomic E-state index is 0.0469. The minimum Gasteiger partial charge on any atom is -0.493 e. The van der Waals surface area contributed by atoms with E-state index in [4.69, 9.17) is 0 Å². The van der Waals surface area contributed by atoms with E-state index in [1.54, 1.807) is 7.05 Å². The largest absolute Gasteiger partial charge is 0.493 e. The van der Waals surface area contributed by atoms with Gasteiger partial charge in [-0.05, 0) is 44.6 Å². The van der Waals surface area contributed by atoms with Crippen LogP contribution in [0.15, 0.2) is 51.9 Å². The molecule has 0 aliphatic heterocycles. The number of hydrogen-bond donors (Lipinski definition) is 1. The molecule has 2 aromatic carbocycles. The Labute approximate surface area is 176 Å². The minimum atomic E-state index is -0.246. The van der Waals surface area contributed by atoms with E-state index < -0.39 is 0 Å². The zero-order valence-electron chi connectivity index (χ0n) is 16.5. The molecule has 0 bridgehead atoms. The van der Waals surface area contributed by atoms with Crippen molar-refractivity contribution in [2.75, 3.05) is 0 Å². The van der Waals surface area contributed by atoms with E-state index in [-0.39, 0.29) is 11.6 Å². The number of fused-ring (bicyclic) bond motifs is 1.